The van der Waals surface area contributed by atoms with E-state index in [4.69, 9.17) is 0 Å². The van der Waals surface area contributed by atoms with Crippen molar-refractivity contribution in [2.24, 2.45) is 0 Å². The molecule has 1 aromatic carbocycles. The Morgan fingerprint density at radius 3 is 2.35 bits per heavy atom. The van der Waals surface area contributed by atoms with Crippen LogP contribution < -0.4 is 10.2 Å². The SMILES string of the molecule is O=C(C[NH+]1CCN(S(=O)(=O)c2ccc(F)cc2)CC1)NC1CCCCC1. The summed E-state index contributed by atoms with van der Waals surface area (Å²) in [4.78, 5) is 13.4. The molecule has 1 aromatic rings. The van der Waals surface area contributed by atoms with Gasteiger partial charge in [-0.1, -0.05) is 19.3 Å². The number of piperazine rings is 1. The summed E-state index contributed by atoms with van der Waals surface area (Å²) >= 11 is 0. The third kappa shape index (κ3) is 4.81. The molecule has 6 nitrogen and oxygen atoms in total. The number of hydrogen-bond donors (Lipinski definition) is 2. The molecule has 1 amide bonds. The Balaban J connectivity index is 1.49. The van der Waals surface area contributed by atoms with Gasteiger partial charge >= 0.3 is 0 Å². The van der Waals surface area contributed by atoms with Crippen LogP contribution in [0.3, 0.4) is 0 Å². The molecule has 1 heterocycles. The molecule has 1 aliphatic carbocycles. The van der Waals surface area contributed by atoms with Gasteiger partial charge in [-0.3, -0.25) is 4.79 Å². The van der Waals surface area contributed by atoms with Crippen molar-refractivity contribution in [3.05, 3.63) is 30.1 Å². The first-order chi connectivity index (χ1) is 12.4. The summed E-state index contributed by atoms with van der Waals surface area (Å²) in [6, 6.07) is 5.20. The second-order valence-electron chi connectivity index (χ2n) is 7.19. The Kier molecular flexibility index (Phi) is 6.26. The molecular formula is C18H27FN3O3S+. The van der Waals surface area contributed by atoms with Crippen molar-refractivity contribution in [2.75, 3.05) is 32.7 Å². The lowest BCUT2D eigenvalue weighted by atomic mass is 9.95. The highest BCUT2D eigenvalue weighted by atomic mass is 32.2. The lowest BCUT2D eigenvalue weighted by molar-refractivity contribution is -0.895. The van der Waals surface area contributed by atoms with E-state index in [1.807, 2.05) is 0 Å². The zero-order valence-electron chi connectivity index (χ0n) is 14.9. The van der Waals surface area contributed by atoms with E-state index in [2.05, 4.69) is 5.32 Å². The molecule has 0 bridgehead atoms. The highest BCUT2D eigenvalue weighted by Crippen LogP contribution is 2.17. The van der Waals surface area contributed by atoms with Crippen LogP contribution in [-0.2, 0) is 14.8 Å². The molecule has 0 radical (unpaired) electrons. The second-order valence-corrected chi connectivity index (χ2v) is 9.13. The molecule has 1 saturated heterocycles. The van der Waals surface area contributed by atoms with Crippen LogP contribution in [0.25, 0.3) is 0 Å². The van der Waals surface area contributed by atoms with Gasteiger partial charge in [-0.15, -0.1) is 0 Å². The zero-order valence-corrected chi connectivity index (χ0v) is 15.7. The lowest BCUT2D eigenvalue weighted by Gasteiger charge is -2.31. The van der Waals surface area contributed by atoms with E-state index >= 15 is 0 Å². The minimum absolute atomic E-state index is 0.0572. The average Bonchev–Trinajstić information content (AvgIpc) is 2.63. The van der Waals surface area contributed by atoms with E-state index in [-0.39, 0.29) is 10.8 Å². The number of nitrogens with one attached hydrogen (secondary N) is 2. The van der Waals surface area contributed by atoms with Gasteiger partial charge in [0.25, 0.3) is 5.91 Å². The van der Waals surface area contributed by atoms with E-state index in [0.29, 0.717) is 38.8 Å². The van der Waals surface area contributed by atoms with Crippen LogP contribution in [-0.4, -0.2) is 57.4 Å². The number of sulfonamides is 1. The molecule has 26 heavy (non-hydrogen) atoms. The Labute approximate surface area is 154 Å². The summed E-state index contributed by atoms with van der Waals surface area (Å²) < 4.78 is 39.6. The fourth-order valence-electron chi connectivity index (χ4n) is 3.73. The Hall–Kier alpha value is -1.51. The highest BCUT2D eigenvalue weighted by molar-refractivity contribution is 7.89. The number of rotatable bonds is 5. The highest BCUT2D eigenvalue weighted by Gasteiger charge is 2.31. The number of quaternary nitrogens is 1. The van der Waals surface area contributed by atoms with Crippen molar-refractivity contribution in [2.45, 2.75) is 43.0 Å². The van der Waals surface area contributed by atoms with Crippen LogP contribution in [0.2, 0.25) is 0 Å². The van der Waals surface area contributed by atoms with Crippen LogP contribution in [0.15, 0.2) is 29.2 Å². The molecule has 0 aromatic heterocycles. The molecule has 1 aliphatic heterocycles. The number of halogens is 1. The van der Waals surface area contributed by atoms with E-state index in [9.17, 15) is 17.6 Å². The van der Waals surface area contributed by atoms with Crippen molar-refractivity contribution in [3.8, 4) is 0 Å². The van der Waals surface area contributed by atoms with Crippen LogP contribution in [0, 0.1) is 5.82 Å². The van der Waals surface area contributed by atoms with E-state index < -0.39 is 15.8 Å². The van der Waals surface area contributed by atoms with Gasteiger partial charge in [-0.05, 0) is 37.1 Å². The minimum Gasteiger partial charge on any atom is -0.348 e. The molecule has 0 atom stereocenters. The average molecular weight is 384 g/mol. The summed E-state index contributed by atoms with van der Waals surface area (Å²) in [5, 5.41) is 3.11. The topological polar surface area (TPSA) is 70.9 Å². The molecular weight excluding hydrogens is 357 g/mol. The first kappa shape index (κ1) is 19.3. The monoisotopic (exact) mass is 384 g/mol. The van der Waals surface area contributed by atoms with Crippen molar-refractivity contribution in [1.82, 2.24) is 9.62 Å². The van der Waals surface area contributed by atoms with Crippen LogP contribution >= 0.6 is 0 Å². The fraction of sp³-hybridized carbons (Fsp3) is 0.611. The summed E-state index contributed by atoms with van der Waals surface area (Å²) in [7, 11) is -3.60. The van der Waals surface area contributed by atoms with Crippen molar-refractivity contribution in [3.63, 3.8) is 0 Å². The molecule has 2 fully saturated rings. The molecule has 0 unspecified atom stereocenters. The van der Waals surface area contributed by atoms with Gasteiger partial charge < -0.3 is 10.2 Å². The number of carbonyl (C=O) groups excluding carboxylic acids is 1. The second kappa shape index (κ2) is 8.45. The first-order valence-electron chi connectivity index (χ1n) is 9.34. The van der Waals surface area contributed by atoms with Gasteiger partial charge in [0.05, 0.1) is 31.1 Å². The molecule has 0 spiro atoms. The standard InChI is InChI=1S/C18H26FN3O3S/c19-15-6-8-17(9-7-15)26(24,25)22-12-10-21(11-13-22)14-18(23)20-16-4-2-1-3-5-16/h6-9,16H,1-5,10-14H2,(H,20,23)/p+1. The Bertz CT molecular complexity index is 710. The van der Waals surface area contributed by atoms with E-state index in [0.717, 1.165) is 29.9 Å². The van der Waals surface area contributed by atoms with Crippen LogP contribution in [0.4, 0.5) is 4.39 Å². The maximum atomic E-state index is 13.0. The molecule has 2 N–H and O–H groups in total. The van der Waals surface area contributed by atoms with Gasteiger partial charge in [0.2, 0.25) is 10.0 Å². The molecule has 2 aliphatic rings. The molecule has 144 valence electrons. The largest absolute Gasteiger partial charge is 0.348 e. The van der Waals surface area contributed by atoms with Crippen molar-refractivity contribution >= 4 is 15.9 Å². The summed E-state index contributed by atoms with van der Waals surface area (Å²) in [6.07, 6.45) is 5.73. The lowest BCUT2D eigenvalue weighted by Crippen LogP contribution is -3.15. The quantitative estimate of drug-likeness (QED) is 0.760. The van der Waals surface area contributed by atoms with Gasteiger partial charge in [0.1, 0.15) is 5.82 Å². The predicted octanol–water partition coefficient (Wildman–Crippen LogP) is 0.164. The van der Waals surface area contributed by atoms with Crippen LogP contribution in [0.1, 0.15) is 32.1 Å². The minimum atomic E-state index is -3.60. The van der Waals surface area contributed by atoms with Crippen LogP contribution in [0.5, 0.6) is 0 Å². The van der Waals surface area contributed by atoms with Gasteiger partial charge in [0.15, 0.2) is 6.54 Å². The van der Waals surface area contributed by atoms with E-state index in [1.54, 1.807) is 0 Å². The Morgan fingerprint density at radius 1 is 1.12 bits per heavy atom. The summed E-state index contributed by atoms with van der Waals surface area (Å²) in [5.41, 5.74) is 0. The van der Waals surface area contributed by atoms with Gasteiger partial charge in [-0.25, -0.2) is 12.8 Å². The number of hydrogen-bond acceptors (Lipinski definition) is 3. The smallest absolute Gasteiger partial charge is 0.275 e. The fourth-order valence-corrected chi connectivity index (χ4v) is 5.17. The number of benzene rings is 1. The third-order valence-corrected chi connectivity index (χ3v) is 7.17. The maximum Gasteiger partial charge on any atom is 0.275 e. The molecule has 3 rings (SSSR count). The predicted molar refractivity (Wildman–Crippen MR) is 95.7 cm³/mol. The number of amides is 1. The number of carbonyl (C=O) groups is 1. The first-order valence-corrected chi connectivity index (χ1v) is 10.8. The van der Waals surface area contributed by atoms with Gasteiger partial charge in [0, 0.05) is 6.04 Å². The van der Waals surface area contributed by atoms with Crippen molar-refractivity contribution in [1.29, 1.82) is 0 Å². The molecule has 8 heteroatoms. The van der Waals surface area contributed by atoms with Gasteiger partial charge in [-0.2, -0.15) is 4.31 Å². The maximum absolute atomic E-state index is 13.0. The molecule has 1 saturated carbocycles. The van der Waals surface area contributed by atoms with E-state index in [1.165, 1.54) is 35.7 Å². The zero-order chi connectivity index (χ0) is 18.6. The third-order valence-electron chi connectivity index (χ3n) is 5.26. The summed E-state index contributed by atoms with van der Waals surface area (Å²) in [6.45, 7) is 2.31. The van der Waals surface area contributed by atoms with Crippen molar-refractivity contribution < 1.29 is 22.5 Å². The number of nitrogens with zero attached hydrogens (tertiary/aromatic N) is 1. The Morgan fingerprint density at radius 2 is 1.73 bits per heavy atom. The normalized spacial score (nSPS) is 20.8. The summed E-state index contributed by atoms with van der Waals surface area (Å²) in [5.74, 6) is -0.399.